The minimum Gasteiger partial charge on any atom is -0.408 e. The van der Waals surface area contributed by atoms with E-state index in [1.54, 1.807) is 18.3 Å². The van der Waals surface area contributed by atoms with Crippen molar-refractivity contribution in [3.05, 3.63) is 75.1 Å². The molecule has 0 fully saturated rings. The average molecular weight is 414 g/mol. The van der Waals surface area contributed by atoms with Crippen molar-refractivity contribution in [1.29, 1.82) is 0 Å². The fraction of sp³-hybridized carbons (Fsp3) is 0.158. The van der Waals surface area contributed by atoms with Gasteiger partial charge in [-0.05, 0) is 42.3 Å². The van der Waals surface area contributed by atoms with Gasteiger partial charge < -0.3 is 9.40 Å². The number of benzene rings is 2. The van der Waals surface area contributed by atoms with Crippen LogP contribution >= 0.6 is 11.8 Å². The van der Waals surface area contributed by atoms with Crippen LogP contribution in [0.15, 0.2) is 63.0 Å². The summed E-state index contributed by atoms with van der Waals surface area (Å²) in [7, 11) is 0. The fourth-order valence-corrected chi connectivity index (χ4v) is 3.70. The number of H-pyrrole nitrogens is 1. The number of thioether (sulfide) groups is 1. The third kappa shape index (κ3) is 4.06. The first kappa shape index (κ1) is 18.9. The van der Waals surface area contributed by atoms with Crippen molar-refractivity contribution in [2.24, 2.45) is 0 Å². The average Bonchev–Trinajstić information content (AvgIpc) is 3.29. The zero-order chi connectivity index (χ0) is 20.4. The van der Waals surface area contributed by atoms with Gasteiger partial charge in [-0.3, -0.25) is 14.7 Å². The molecule has 4 rings (SSSR count). The molecule has 29 heavy (non-hydrogen) atoms. The number of oxazole rings is 1. The summed E-state index contributed by atoms with van der Waals surface area (Å²) >= 11 is 1.49. The number of nitro groups is 1. The molecule has 0 unspecified atom stereocenters. The van der Waals surface area contributed by atoms with Crippen molar-refractivity contribution in [3.63, 3.8) is 0 Å². The number of nitro benzene ring substituents is 1. The van der Waals surface area contributed by atoms with Crippen LogP contribution in [0.25, 0.3) is 22.4 Å². The number of hydrogen-bond donors (Lipinski definition) is 1. The molecule has 0 amide bonds. The Morgan fingerprint density at radius 3 is 2.79 bits per heavy atom. The number of halogens is 1. The lowest BCUT2D eigenvalue weighted by Gasteiger charge is -2.02. The van der Waals surface area contributed by atoms with Crippen molar-refractivity contribution in [3.8, 4) is 11.3 Å². The van der Waals surface area contributed by atoms with Crippen molar-refractivity contribution in [2.75, 3.05) is 5.75 Å². The molecule has 148 valence electrons. The molecule has 0 spiro atoms. The number of rotatable bonds is 7. The zero-order valence-electron chi connectivity index (χ0n) is 15.0. The highest BCUT2D eigenvalue weighted by molar-refractivity contribution is 7.99. The van der Waals surface area contributed by atoms with E-state index in [2.05, 4.69) is 9.97 Å². The highest BCUT2D eigenvalue weighted by Gasteiger charge is 2.14. The second kappa shape index (κ2) is 7.92. The smallest absolute Gasteiger partial charge is 0.408 e. The predicted molar refractivity (Wildman–Crippen MR) is 106 cm³/mol. The fourth-order valence-electron chi connectivity index (χ4n) is 2.92. The lowest BCUT2D eigenvalue weighted by molar-refractivity contribution is -0.384. The third-order valence-electron chi connectivity index (χ3n) is 4.33. The number of fused-ring (bicyclic) bond motifs is 1. The van der Waals surface area contributed by atoms with Crippen LogP contribution in [-0.4, -0.2) is 25.2 Å². The Morgan fingerprint density at radius 1 is 1.24 bits per heavy atom. The lowest BCUT2D eigenvalue weighted by atomic mass is 10.2. The van der Waals surface area contributed by atoms with Crippen LogP contribution in [0, 0.1) is 15.9 Å². The van der Waals surface area contributed by atoms with Crippen molar-refractivity contribution in [2.45, 2.75) is 18.1 Å². The Morgan fingerprint density at radius 2 is 2.03 bits per heavy atom. The highest BCUT2D eigenvalue weighted by atomic mass is 32.2. The first-order valence-electron chi connectivity index (χ1n) is 8.73. The van der Waals surface area contributed by atoms with E-state index in [1.165, 1.54) is 46.7 Å². The van der Waals surface area contributed by atoms with E-state index in [1.807, 2.05) is 0 Å². The molecule has 0 aliphatic rings. The van der Waals surface area contributed by atoms with Crippen LogP contribution in [0.5, 0.6) is 0 Å². The van der Waals surface area contributed by atoms with Gasteiger partial charge in [0.25, 0.3) is 5.69 Å². The summed E-state index contributed by atoms with van der Waals surface area (Å²) in [4.78, 5) is 30.0. The summed E-state index contributed by atoms with van der Waals surface area (Å²) < 4.78 is 19.6. The zero-order valence-corrected chi connectivity index (χ0v) is 15.8. The van der Waals surface area contributed by atoms with Gasteiger partial charge in [0.05, 0.1) is 22.3 Å². The standard InChI is InChI=1S/C19H15FN4O4S/c20-13-4-2-12(3-5-13)15-11-21-18(22-15)29-9-1-8-23-16-10-14(24(26)27)6-7-17(16)28-19(23)25/h2-7,10-11H,1,8-9H2,(H,21,22). The monoisotopic (exact) mass is 414 g/mol. The Hall–Kier alpha value is -3.40. The van der Waals surface area contributed by atoms with Gasteiger partial charge in [0.2, 0.25) is 0 Å². The number of nitrogens with zero attached hydrogens (tertiary/aromatic N) is 3. The molecule has 2 aromatic carbocycles. The molecule has 10 heteroatoms. The summed E-state index contributed by atoms with van der Waals surface area (Å²) in [5.41, 5.74) is 2.26. The summed E-state index contributed by atoms with van der Waals surface area (Å²) in [6, 6.07) is 10.2. The molecule has 8 nitrogen and oxygen atoms in total. The van der Waals surface area contributed by atoms with E-state index in [9.17, 15) is 19.3 Å². The van der Waals surface area contributed by atoms with Gasteiger partial charge in [-0.1, -0.05) is 11.8 Å². The van der Waals surface area contributed by atoms with Gasteiger partial charge in [-0.25, -0.2) is 14.2 Å². The maximum absolute atomic E-state index is 13.0. The van der Waals surface area contributed by atoms with E-state index < -0.39 is 10.7 Å². The lowest BCUT2D eigenvalue weighted by Crippen LogP contribution is -2.14. The van der Waals surface area contributed by atoms with Crippen LogP contribution in [-0.2, 0) is 6.54 Å². The topological polar surface area (TPSA) is 107 Å². The highest BCUT2D eigenvalue weighted by Crippen LogP contribution is 2.23. The van der Waals surface area contributed by atoms with Gasteiger partial charge in [0.1, 0.15) is 5.82 Å². The Balaban J connectivity index is 1.39. The molecular weight excluding hydrogens is 399 g/mol. The van der Waals surface area contributed by atoms with Crippen LogP contribution in [0.4, 0.5) is 10.1 Å². The van der Waals surface area contributed by atoms with Gasteiger partial charge in [0.15, 0.2) is 10.7 Å². The van der Waals surface area contributed by atoms with E-state index in [4.69, 9.17) is 4.42 Å². The maximum Gasteiger partial charge on any atom is 0.419 e. The summed E-state index contributed by atoms with van der Waals surface area (Å²) in [6.45, 7) is 0.367. The number of aromatic amines is 1. The van der Waals surface area contributed by atoms with Crippen molar-refractivity contribution >= 4 is 28.5 Å². The molecule has 0 saturated carbocycles. The number of imidazole rings is 1. The molecule has 0 saturated heterocycles. The van der Waals surface area contributed by atoms with Crippen molar-refractivity contribution < 1.29 is 13.7 Å². The summed E-state index contributed by atoms with van der Waals surface area (Å²) in [6.07, 6.45) is 2.32. The molecule has 4 aromatic rings. The second-order valence-electron chi connectivity index (χ2n) is 6.24. The predicted octanol–water partition coefficient (Wildman–Crippen LogP) is 4.21. The molecular formula is C19H15FN4O4S. The minimum atomic E-state index is -0.540. The Bertz CT molecular complexity index is 1230. The molecule has 0 bridgehead atoms. The van der Waals surface area contributed by atoms with Crippen LogP contribution in [0.1, 0.15) is 6.42 Å². The first-order valence-corrected chi connectivity index (χ1v) is 9.71. The molecule has 0 radical (unpaired) electrons. The van der Waals surface area contributed by atoms with Gasteiger partial charge in [0, 0.05) is 24.4 Å². The number of aromatic nitrogens is 3. The number of aryl methyl sites for hydroxylation is 1. The molecule has 2 aromatic heterocycles. The summed E-state index contributed by atoms with van der Waals surface area (Å²) in [5, 5.41) is 11.7. The number of non-ortho nitro benzene ring substituents is 1. The van der Waals surface area contributed by atoms with E-state index in [0.717, 1.165) is 11.3 Å². The molecule has 0 aliphatic heterocycles. The number of nitrogens with one attached hydrogen (secondary N) is 1. The molecule has 0 atom stereocenters. The minimum absolute atomic E-state index is 0.0923. The molecule has 0 aliphatic carbocycles. The third-order valence-corrected chi connectivity index (χ3v) is 5.31. The van der Waals surface area contributed by atoms with Crippen LogP contribution < -0.4 is 5.76 Å². The second-order valence-corrected chi connectivity index (χ2v) is 7.32. The van der Waals surface area contributed by atoms with Crippen LogP contribution in [0.3, 0.4) is 0 Å². The van der Waals surface area contributed by atoms with E-state index >= 15 is 0 Å². The SMILES string of the molecule is O=c1oc2ccc([N+](=O)[O-])cc2n1CCCSc1ncc(-c2ccc(F)cc2)[nH]1. The Labute approximate surface area is 167 Å². The van der Waals surface area contributed by atoms with Crippen molar-refractivity contribution in [1.82, 2.24) is 14.5 Å². The number of hydrogen-bond acceptors (Lipinski definition) is 6. The van der Waals surface area contributed by atoms with E-state index in [0.29, 0.717) is 35.0 Å². The van der Waals surface area contributed by atoms with Gasteiger partial charge in [-0.15, -0.1) is 0 Å². The van der Waals surface area contributed by atoms with Crippen LogP contribution in [0.2, 0.25) is 0 Å². The maximum atomic E-state index is 13.0. The normalized spacial score (nSPS) is 11.2. The first-order chi connectivity index (χ1) is 14.0. The quantitative estimate of drug-likeness (QED) is 0.210. The van der Waals surface area contributed by atoms with E-state index in [-0.39, 0.29) is 11.5 Å². The van der Waals surface area contributed by atoms with Gasteiger partial charge >= 0.3 is 5.76 Å². The Kier molecular flexibility index (Phi) is 5.17. The van der Waals surface area contributed by atoms with Gasteiger partial charge in [-0.2, -0.15) is 0 Å². The summed E-state index contributed by atoms with van der Waals surface area (Å²) in [5.74, 6) is -0.165. The molecule has 2 heterocycles. The molecule has 1 N–H and O–H groups in total. The largest absolute Gasteiger partial charge is 0.419 e.